The molecule has 0 saturated carbocycles. The normalized spacial score (nSPS) is 14.5. The molecule has 0 atom stereocenters. The molecule has 0 bridgehead atoms. The summed E-state index contributed by atoms with van der Waals surface area (Å²) in [6, 6.07) is 4.62. The highest BCUT2D eigenvalue weighted by Gasteiger charge is 2.65. The van der Waals surface area contributed by atoms with E-state index < -0.39 is 38.2 Å². The number of benzene rings is 2. The molecule has 0 unspecified atom stereocenters. The third-order valence-electron chi connectivity index (χ3n) is 2.85. The van der Waals surface area contributed by atoms with Crippen LogP contribution in [0.15, 0.2) is 47.4 Å². The Morgan fingerprint density at radius 2 is 1.54 bits per heavy atom. The fourth-order valence-electron chi connectivity index (χ4n) is 1.74. The van der Waals surface area contributed by atoms with Crippen LogP contribution in [0.2, 0.25) is 0 Å². The van der Waals surface area contributed by atoms with Crippen molar-refractivity contribution in [2.45, 2.75) is 4.90 Å². The zero-order valence-corrected chi connectivity index (χ0v) is 12.8. The second-order valence-electron chi connectivity index (χ2n) is 4.67. The Hall–Kier alpha value is -2.36. The molecule has 3 nitrogen and oxygen atoms in total. The average molecular weight is 372 g/mol. The molecule has 24 heavy (non-hydrogen) atoms. The Morgan fingerprint density at radius 1 is 0.958 bits per heavy atom. The lowest BCUT2D eigenvalue weighted by atomic mass is 10.2. The topological polar surface area (TPSA) is 35.5 Å². The number of hydrogen-bond donors (Lipinski definition) is 0. The summed E-state index contributed by atoms with van der Waals surface area (Å²) in [6.07, 6.45) is 0. The summed E-state index contributed by atoms with van der Waals surface area (Å²) in [5, 5.41) is 0. The van der Waals surface area contributed by atoms with Crippen molar-refractivity contribution in [3.63, 3.8) is 0 Å². The summed E-state index contributed by atoms with van der Waals surface area (Å²) in [5.74, 6) is -2.67. The van der Waals surface area contributed by atoms with Gasteiger partial charge in [-0.3, -0.25) is 0 Å². The largest absolute Gasteiger partial charge is 0.465 e. The minimum Gasteiger partial charge on any atom is -0.465 e. The minimum absolute atomic E-state index is 0.0111. The van der Waals surface area contributed by atoms with Gasteiger partial charge in [-0.25, -0.2) is 9.18 Å². The zero-order chi connectivity index (χ0) is 18.2. The molecular weight excluding hydrogens is 362 g/mol. The van der Waals surface area contributed by atoms with Crippen molar-refractivity contribution in [3.8, 4) is 11.5 Å². The van der Waals surface area contributed by atoms with Gasteiger partial charge in [0.15, 0.2) is 0 Å². The van der Waals surface area contributed by atoms with Crippen molar-refractivity contribution < 1.29 is 38.1 Å². The van der Waals surface area contributed by atoms with Crippen LogP contribution in [-0.4, -0.2) is 13.1 Å². The van der Waals surface area contributed by atoms with E-state index in [-0.39, 0.29) is 17.9 Å². The quantitative estimate of drug-likeness (QED) is 0.483. The molecule has 0 fully saturated rings. The van der Waals surface area contributed by atoms with Gasteiger partial charge >= 0.3 is 16.2 Å². The highest BCUT2D eigenvalue weighted by atomic mass is 32.5. The highest BCUT2D eigenvalue weighted by molar-refractivity contribution is 8.45. The van der Waals surface area contributed by atoms with Gasteiger partial charge in [-0.1, -0.05) is 19.4 Å². The second-order valence-corrected chi connectivity index (χ2v) is 7.08. The number of esters is 1. The van der Waals surface area contributed by atoms with E-state index in [1.165, 1.54) is 0 Å². The molecule has 0 spiro atoms. The lowest BCUT2D eigenvalue weighted by molar-refractivity contribution is 0.0597. The van der Waals surface area contributed by atoms with E-state index >= 15 is 0 Å². The van der Waals surface area contributed by atoms with Gasteiger partial charge in [0.2, 0.25) is 0 Å². The van der Waals surface area contributed by atoms with E-state index in [0.29, 0.717) is 6.07 Å². The number of ether oxygens (including phenoxy) is 2. The summed E-state index contributed by atoms with van der Waals surface area (Å²) in [6.45, 7) is 0. The van der Waals surface area contributed by atoms with E-state index in [9.17, 15) is 28.6 Å². The number of methoxy groups -OCH3 is 1. The van der Waals surface area contributed by atoms with Crippen LogP contribution < -0.4 is 4.74 Å². The van der Waals surface area contributed by atoms with Crippen molar-refractivity contribution in [3.05, 3.63) is 53.8 Å². The molecule has 0 heterocycles. The van der Waals surface area contributed by atoms with Crippen LogP contribution in [0.3, 0.4) is 0 Å². The van der Waals surface area contributed by atoms with Gasteiger partial charge in [0.05, 0.1) is 7.11 Å². The smallest absolute Gasteiger partial charge is 0.341 e. The van der Waals surface area contributed by atoms with Gasteiger partial charge in [0.25, 0.3) is 0 Å². The molecule has 0 aliphatic heterocycles. The molecule has 2 aromatic rings. The third kappa shape index (κ3) is 4.13. The average Bonchev–Trinajstić information content (AvgIpc) is 2.46. The molecule has 0 aromatic heterocycles. The second kappa shape index (κ2) is 5.07. The van der Waals surface area contributed by atoms with Gasteiger partial charge in [-0.2, -0.15) is 0 Å². The lowest BCUT2D eigenvalue weighted by Gasteiger charge is -2.40. The van der Waals surface area contributed by atoms with Crippen LogP contribution in [0.5, 0.6) is 11.5 Å². The van der Waals surface area contributed by atoms with Gasteiger partial charge in [-0.15, -0.1) is 0 Å². The number of halogens is 6. The molecule has 0 N–H and O–H groups in total. The monoisotopic (exact) mass is 372 g/mol. The maximum absolute atomic E-state index is 12.9. The lowest BCUT2D eigenvalue weighted by Crippen LogP contribution is -2.09. The number of hydrogen-bond acceptors (Lipinski definition) is 3. The van der Waals surface area contributed by atoms with Crippen molar-refractivity contribution in [1.29, 1.82) is 0 Å². The summed E-state index contributed by atoms with van der Waals surface area (Å²) in [4.78, 5) is 9.36. The first kappa shape index (κ1) is 18.0. The van der Waals surface area contributed by atoms with Gasteiger partial charge in [0, 0.05) is 6.07 Å². The van der Waals surface area contributed by atoms with E-state index in [4.69, 9.17) is 4.74 Å². The SMILES string of the molecule is COC(=O)c1ccc(S(F)(F)(F)(F)F)cc1Oc1ccc(F)cc1. The maximum atomic E-state index is 12.9. The number of carbonyl (C=O) groups excluding carboxylic acids is 1. The Bertz CT molecular complexity index is 787. The molecule has 0 aliphatic rings. The molecule has 132 valence electrons. The first-order chi connectivity index (χ1) is 10.8. The Morgan fingerprint density at radius 3 is 2.04 bits per heavy atom. The first-order valence-corrected chi connectivity index (χ1v) is 8.15. The fourth-order valence-corrected chi connectivity index (χ4v) is 2.39. The van der Waals surface area contributed by atoms with Gasteiger partial charge < -0.3 is 9.47 Å². The van der Waals surface area contributed by atoms with Crippen LogP contribution in [0.25, 0.3) is 0 Å². The predicted octanol–water partition coefficient (Wildman–Crippen LogP) is 6.06. The Kier molecular flexibility index (Phi) is 3.80. The van der Waals surface area contributed by atoms with Crippen molar-refractivity contribution >= 4 is 16.2 Å². The highest BCUT2D eigenvalue weighted by Crippen LogP contribution is 3.02. The standard InChI is InChI=1S/C14H10F6O3S/c1-22-14(21)12-7-6-11(24(16,17,18,19)20)8-13(12)23-10-4-2-9(15)3-5-10/h2-8H,1H3. The predicted molar refractivity (Wildman–Crippen MR) is 75.7 cm³/mol. The Labute approximate surface area is 132 Å². The van der Waals surface area contributed by atoms with Gasteiger partial charge in [-0.05, 0) is 36.4 Å². The van der Waals surface area contributed by atoms with Crippen LogP contribution in [0.1, 0.15) is 10.4 Å². The number of carbonyl (C=O) groups is 1. The van der Waals surface area contributed by atoms with Crippen LogP contribution in [-0.2, 0) is 4.74 Å². The fraction of sp³-hybridized carbons (Fsp3) is 0.0714. The molecule has 10 heteroatoms. The summed E-state index contributed by atoms with van der Waals surface area (Å²) >= 11 is 0. The molecule has 2 rings (SSSR count). The minimum atomic E-state index is -9.96. The van der Waals surface area contributed by atoms with E-state index in [1.807, 2.05) is 0 Å². The van der Waals surface area contributed by atoms with Crippen LogP contribution >= 0.6 is 10.2 Å². The molecule has 0 amide bonds. The van der Waals surface area contributed by atoms with E-state index in [0.717, 1.165) is 31.4 Å². The summed E-state index contributed by atoms with van der Waals surface area (Å²) in [7, 11) is -9.00. The van der Waals surface area contributed by atoms with E-state index in [2.05, 4.69) is 4.74 Å². The maximum Gasteiger partial charge on any atom is 0.341 e. The zero-order valence-electron chi connectivity index (χ0n) is 11.9. The van der Waals surface area contributed by atoms with Crippen molar-refractivity contribution in [2.75, 3.05) is 7.11 Å². The molecule has 2 aromatic carbocycles. The van der Waals surface area contributed by atoms with Crippen LogP contribution in [0.4, 0.5) is 23.8 Å². The molecule has 0 saturated heterocycles. The summed E-state index contributed by atoms with van der Waals surface area (Å²) in [5.41, 5.74) is -0.493. The van der Waals surface area contributed by atoms with Gasteiger partial charge in [0.1, 0.15) is 27.8 Å². The van der Waals surface area contributed by atoms with E-state index in [1.54, 1.807) is 0 Å². The van der Waals surface area contributed by atoms with Crippen molar-refractivity contribution in [1.82, 2.24) is 0 Å². The Balaban J connectivity index is 2.57. The van der Waals surface area contributed by atoms with Crippen molar-refractivity contribution in [2.24, 2.45) is 0 Å². The summed E-state index contributed by atoms with van der Waals surface area (Å²) < 4.78 is 86.8. The first-order valence-electron chi connectivity index (χ1n) is 6.20. The molecule has 0 aliphatic carbocycles. The molecular formula is C14H10F6O3S. The number of rotatable bonds is 4. The van der Waals surface area contributed by atoms with Crippen LogP contribution in [0, 0.1) is 5.82 Å². The molecule has 0 radical (unpaired) electrons. The third-order valence-corrected chi connectivity index (χ3v) is 3.99.